The van der Waals surface area contributed by atoms with E-state index in [2.05, 4.69) is 46.0 Å². The summed E-state index contributed by atoms with van der Waals surface area (Å²) in [5, 5.41) is 0. The van der Waals surface area contributed by atoms with E-state index in [1.807, 2.05) is 0 Å². The van der Waals surface area contributed by atoms with Crippen molar-refractivity contribution in [1.82, 2.24) is 4.98 Å². The van der Waals surface area contributed by atoms with Gasteiger partial charge < -0.3 is 4.98 Å². The van der Waals surface area contributed by atoms with Gasteiger partial charge in [-0.3, -0.25) is 0 Å². The van der Waals surface area contributed by atoms with E-state index in [-0.39, 0.29) is 32.7 Å². The molecule has 1 heterocycles. The molecule has 0 saturated carbocycles. The number of hydrogen-bond donors (Lipinski definition) is 0. The first-order chi connectivity index (χ1) is 5.57. The standard InChI is InChI=1S/C11H16N.Y/c1-6-11-8(3)7(2)9(4)12-10(11)5;/h6H,1-5H3;/q-1;. The van der Waals surface area contributed by atoms with Crippen molar-refractivity contribution in [3.63, 3.8) is 0 Å². The van der Waals surface area contributed by atoms with E-state index in [0.29, 0.717) is 0 Å². The summed E-state index contributed by atoms with van der Waals surface area (Å²) in [6.07, 6.45) is 2.13. The maximum Gasteiger partial charge on any atom is 0.0137 e. The zero-order chi connectivity index (χ0) is 9.30. The van der Waals surface area contributed by atoms with Crippen molar-refractivity contribution < 1.29 is 32.7 Å². The molecule has 0 spiro atoms. The Bertz CT molecular complexity index is 305. The van der Waals surface area contributed by atoms with Gasteiger partial charge in [-0.15, -0.1) is 5.56 Å². The molecule has 2 heteroatoms. The molecule has 0 aliphatic heterocycles. The predicted molar refractivity (Wildman–Crippen MR) is 52.3 cm³/mol. The summed E-state index contributed by atoms with van der Waals surface area (Å²) in [6.45, 7) is 10.5. The van der Waals surface area contributed by atoms with Gasteiger partial charge in [0.2, 0.25) is 0 Å². The van der Waals surface area contributed by atoms with Crippen LogP contribution in [0.25, 0.3) is 0 Å². The van der Waals surface area contributed by atoms with E-state index in [4.69, 9.17) is 0 Å². The third-order valence-corrected chi connectivity index (χ3v) is 2.52. The minimum absolute atomic E-state index is 0. The van der Waals surface area contributed by atoms with Crippen LogP contribution in [-0.4, -0.2) is 4.98 Å². The van der Waals surface area contributed by atoms with Gasteiger partial charge in [0.05, 0.1) is 0 Å². The monoisotopic (exact) mass is 251 g/mol. The Hall–Kier alpha value is 0.124. The molecule has 69 valence electrons. The molecule has 0 atom stereocenters. The second-order valence-corrected chi connectivity index (χ2v) is 3.23. The Morgan fingerprint density at radius 2 is 1.46 bits per heavy atom. The molecule has 0 fully saturated rings. The van der Waals surface area contributed by atoms with Crippen LogP contribution in [0, 0.1) is 34.1 Å². The van der Waals surface area contributed by atoms with E-state index in [1.54, 1.807) is 0 Å². The average Bonchev–Trinajstić information content (AvgIpc) is 2.01. The fourth-order valence-corrected chi connectivity index (χ4v) is 1.57. The van der Waals surface area contributed by atoms with E-state index in [1.165, 1.54) is 16.7 Å². The summed E-state index contributed by atoms with van der Waals surface area (Å²) in [5.74, 6) is 0. The van der Waals surface area contributed by atoms with Crippen molar-refractivity contribution >= 4 is 0 Å². The second-order valence-electron chi connectivity index (χ2n) is 3.23. The number of aryl methyl sites for hydroxylation is 2. The van der Waals surface area contributed by atoms with Crippen molar-refractivity contribution in [1.29, 1.82) is 0 Å². The molecule has 0 aromatic carbocycles. The third-order valence-electron chi connectivity index (χ3n) is 2.52. The van der Waals surface area contributed by atoms with Gasteiger partial charge in [-0.25, -0.2) is 0 Å². The van der Waals surface area contributed by atoms with Crippen LogP contribution in [0.2, 0.25) is 0 Å². The Morgan fingerprint density at radius 3 is 1.92 bits per heavy atom. The van der Waals surface area contributed by atoms with Crippen molar-refractivity contribution in [2.45, 2.75) is 34.6 Å². The molecule has 0 aliphatic carbocycles. The Morgan fingerprint density at radius 1 is 0.923 bits per heavy atom. The Balaban J connectivity index is 0.00000144. The molecule has 1 radical (unpaired) electrons. The average molecular weight is 251 g/mol. The SMILES string of the molecule is C[CH-]c1c(C)nc(C)c(C)c1C.[Y]. The van der Waals surface area contributed by atoms with Crippen molar-refractivity contribution in [2.75, 3.05) is 0 Å². The van der Waals surface area contributed by atoms with Gasteiger partial charge in [-0.05, 0) is 13.8 Å². The smallest absolute Gasteiger partial charge is 0.0137 e. The molecule has 0 bridgehead atoms. The minimum Gasteiger partial charge on any atom is -0.323 e. The summed E-state index contributed by atoms with van der Waals surface area (Å²) >= 11 is 0. The molecule has 1 aromatic rings. The Kier molecular flexibility index (Phi) is 5.16. The second kappa shape index (κ2) is 5.12. The molecule has 1 rings (SSSR count). The van der Waals surface area contributed by atoms with Crippen molar-refractivity contribution in [3.8, 4) is 0 Å². The fourth-order valence-electron chi connectivity index (χ4n) is 1.57. The normalized spacial score (nSPS) is 9.31. The van der Waals surface area contributed by atoms with Crippen LogP contribution >= 0.6 is 0 Å². The first kappa shape index (κ1) is 13.1. The molecule has 13 heavy (non-hydrogen) atoms. The minimum atomic E-state index is 0. The summed E-state index contributed by atoms with van der Waals surface area (Å²) in [4.78, 5) is 4.47. The van der Waals surface area contributed by atoms with Crippen LogP contribution in [0.3, 0.4) is 0 Å². The largest absolute Gasteiger partial charge is 0.323 e. The molecule has 0 amide bonds. The molecule has 1 nitrogen and oxygen atoms in total. The van der Waals surface area contributed by atoms with E-state index >= 15 is 0 Å². The van der Waals surface area contributed by atoms with Gasteiger partial charge in [0.1, 0.15) is 0 Å². The van der Waals surface area contributed by atoms with Crippen LogP contribution in [0.5, 0.6) is 0 Å². The van der Waals surface area contributed by atoms with Crippen molar-refractivity contribution in [2.24, 2.45) is 0 Å². The predicted octanol–water partition coefficient (Wildman–Crippen LogP) is 2.89. The zero-order valence-electron chi connectivity index (χ0n) is 9.10. The summed E-state index contributed by atoms with van der Waals surface area (Å²) in [6, 6.07) is 0. The summed E-state index contributed by atoms with van der Waals surface area (Å²) in [7, 11) is 0. The van der Waals surface area contributed by atoms with Crippen LogP contribution in [0.15, 0.2) is 0 Å². The molecular weight excluding hydrogens is 235 g/mol. The third kappa shape index (κ3) is 2.54. The maximum atomic E-state index is 4.47. The maximum absolute atomic E-state index is 4.47. The Labute approximate surface area is 106 Å². The zero-order valence-corrected chi connectivity index (χ0v) is 11.9. The molecule has 0 N–H and O–H groups in total. The molecule has 1 aromatic heterocycles. The van der Waals surface area contributed by atoms with Gasteiger partial charge in [-0.1, -0.05) is 32.0 Å². The molecule has 0 unspecified atom stereocenters. The van der Waals surface area contributed by atoms with Crippen LogP contribution in [0.1, 0.15) is 35.0 Å². The number of rotatable bonds is 1. The number of aromatic nitrogens is 1. The summed E-state index contributed by atoms with van der Waals surface area (Å²) in [5.41, 5.74) is 6.25. The number of nitrogens with zero attached hydrogens (tertiary/aromatic N) is 1. The number of pyridine rings is 1. The first-order valence-corrected chi connectivity index (χ1v) is 4.31. The summed E-state index contributed by atoms with van der Waals surface area (Å²) < 4.78 is 0. The quantitative estimate of drug-likeness (QED) is 0.699. The fraction of sp³-hybridized carbons (Fsp3) is 0.455. The molecule has 0 aliphatic rings. The van der Waals surface area contributed by atoms with Crippen LogP contribution < -0.4 is 0 Å². The number of hydrogen-bond acceptors (Lipinski definition) is 1. The van der Waals surface area contributed by atoms with Crippen LogP contribution in [0.4, 0.5) is 0 Å². The first-order valence-electron chi connectivity index (χ1n) is 4.31. The van der Waals surface area contributed by atoms with Gasteiger partial charge in [0.25, 0.3) is 0 Å². The van der Waals surface area contributed by atoms with E-state index < -0.39 is 0 Å². The van der Waals surface area contributed by atoms with Gasteiger partial charge in [0.15, 0.2) is 0 Å². The van der Waals surface area contributed by atoms with E-state index in [9.17, 15) is 0 Å². The van der Waals surface area contributed by atoms with Gasteiger partial charge >= 0.3 is 0 Å². The van der Waals surface area contributed by atoms with Crippen LogP contribution in [-0.2, 0) is 32.7 Å². The topological polar surface area (TPSA) is 12.9 Å². The molecule has 0 saturated heterocycles. The van der Waals surface area contributed by atoms with Crippen molar-refractivity contribution in [3.05, 3.63) is 34.5 Å². The van der Waals surface area contributed by atoms with Gasteiger partial charge in [0, 0.05) is 38.4 Å². The molecular formula is C11H16NY-. The van der Waals surface area contributed by atoms with Gasteiger partial charge in [-0.2, -0.15) is 12.0 Å². The van der Waals surface area contributed by atoms with E-state index in [0.717, 1.165) is 11.4 Å².